The Bertz CT molecular complexity index is 580. The molecule has 2 heterocycles. The van der Waals surface area contributed by atoms with Crippen molar-refractivity contribution in [3.05, 3.63) is 33.8 Å². The van der Waals surface area contributed by atoms with Crippen molar-refractivity contribution in [1.82, 2.24) is 20.7 Å². The summed E-state index contributed by atoms with van der Waals surface area (Å²) in [6.45, 7) is 0.194. The Hall–Kier alpha value is -2.17. The molecule has 92 valence electrons. The van der Waals surface area contributed by atoms with Crippen LogP contribution in [0.4, 0.5) is 0 Å². The number of aliphatic hydroxyl groups excluding tert-OH is 1. The average Bonchev–Trinajstić information content (AvgIpc) is 3.04. The number of nitrogens with zero attached hydrogens (tertiary/aromatic N) is 2. The predicted octanol–water partition coefficient (Wildman–Crippen LogP) is 0.140. The van der Waals surface area contributed by atoms with Crippen LogP contribution >= 0.6 is 11.3 Å². The quantitative estimate of drug-likeness (QED) is 0.686. The molecule has 0 atom stereocenters. The second-order valence-electron chi connectivity index (χ2n) is 3.26. The maximum atomic E-state index is 11.6. The molecule has 1 amide bonds. The predicted molar refractivity (Wildman–Crippen MR) is 65.8 cm³/mol. The van der Waals surface area contributed by atoms with Crippen molar-refractivity contribution in [2.45, 2.75) is 6.54 Å². The number of amides is 1. The van der Waals surface area contributed by atoms with Crippen LogP contribution in [0.25, 0.3) is 0 Å². The van der Waals surface area contributed by atoms with Crippen LogP contribution in [0.5, 0.6) is 0 Å². The lowest BCUT2D eigenvalue weighted by molar-refractivity contribution is 0.0946. The van der Waals surface area contributed by atoms with Gasteiger partial charge in [-0.1, -0.05) is 11.8 Å². The summed E-state index contributed by atoms with van der Waals surface area (Å²) >= 11 is 1.50. The van der Waals surface area contributed by atoms with Gasteiger partial charge >= 0.3 is 0 Å². The van der Waals surface area contributed by atoms with E-state index >= 15 is 0 Å². The molecule has 6 nitrogen and oxygen atoms in total. The first-order valence-corrected chi connectivity index (χ1v) is 5.99. The number of aliphatic hydroxyl groups is 1. The van der Waals surface area contributed by atoms with Crippen molar-refractivity contribution in [3.8, 4) is 11.8 Å². The molecule has 0 saturated carbocycles. The molecular weight excluding hydrogens is 252 g/mol. The molecule has 0 saturated heterocycles. The van der Waals surface area contributed by atoms with Gasteiger partial charge in [-0.25, -0.2) is 0 Å². The van der Waals surface area contributed by atoms with E-state index in [1.54, 1.807) is 0 Å². The third-order valence-electron chi connectivity index (χ3n) is 2.10. The number of hydrogen-bond acceptors (Lipinski definition) is 5. The number of carbonyl (C=O) groups excluding carboxylic acids is 1. The fourth-order valence-electron chi connectivity index (χ4n) is 1.29. The van der Waals surface area contributed by atoms with Crippen molar-refractivity contribution in [1.29, 1.82) is 0 Å². The Morgan fingerprint density at radius 2 is 2.50 bits per heavy atom. The molecule has 0 aliphatic heterocycles. The molecule has 2 aromatic heterocycles. The number of nitrogens with one attached hydrogen (secondary N) is 2. The zero-order chi connectivity index (χ0) is 12.8. The van der Waals surface area contributed by atoms with Crippen molar-refractivity contribution in [2.75, 3.05) is 6.61 Å². The second kappa shape index (κ2) is 5.95. The zero-order valence-corrected chi connectivity index (χ0v) is 10.1. The Balaban J connectivity index is 1.98. The molecule has 0 spiro atoms. The molecule has 3 N–H and O–H groups in total. The molecule has 0 aromatic carbocycles. The Morgan fingerprint density at radius 1 is 1.61 bits per heavy atom. The number of H-pyrrole nitrogens is 1. The van der Waals surface area contributed by atoms with Gasteiger partial charge in [-0.3, -0.25) is 4.79 Å². The molecule has 2 aromatic rings. The van der Waals surface area contributed by atoms with Crippen LogP contribution in [-0.2, 0) is 6.54 Å². The molecule has 0 bridgehead atoms. The molecule has 2 rings (SSSR count). The minimum Gasteiger partial charge on any atom is -0.384 e. The summed E-state index contributed by atoms with van der Waals surface area (Å²) in [5.74, 6) is 5.11. The highest BCUT2D eigenvalue weighted by molar-refractivity contribution is 7.10. The van der Waals surface area contributed by atoms with Crippen LogP contribution in [0.1, 0.15) is 20.9 Å². The summed E-state index contributed by atoms with van der Waals surface area (Å²) in [6, 6.07) is 1.85. The number of hydrogen-bond donors (Lipinski definition) is 3. The van der Waals surface area contributed by atoms with Gasteiger partial charge in [-0.2, -0.15) is 15.4 Å². The van der Waals surface area contributed by atoms with E-state index in [9.17, 15) is 4.79 Å². The topological polar surface area (TPSA) is 90.9 Å². The first-order valence-electron chi connectivity index (χ1n) is 5.11. The van der Waals surface area contributed by atoms with E-state index in [0.717, 1.165) is 10.4 Å². The first-order chi connectivity index (χ1) is 8.81. The van der Waals surface area contributed by atoms with Crippen LogP contribution in [0, 0.1) is 11.8 Å². The molecular formula is C11H10N4O2S. The zero-order valence-electron chi connectivity index (χ0n) is 9.30. The van der Waals surface area contributed by atoms with Crippen LogP contribution in [-0.4, -0.2) is 33.0 Å². The van der Waals surface area contributed by atoms with Crippen LogP contribution < -0.4 is 5.32 Å². The van der Waals surface area contributed by atoms with Gasteiger partial charge in [-0.15, -0.1) is 11.3 Å². The summed E-state index contributed by atoms with van der Waals surface area (Å²) in [5.41, 5.74) is 1.06. The Kier molecular flexibility index (Phi) is 4.06. The van der Waals surface area contributed by atoms with Crippen molar-refractivity contribution in [3.63, 3.8) is 0 Å². The third kappa shape index (κ3) is 2.94. The van der Waals surface area contributed by atoms with Gasteiger partial charge in [0.2, 0.25) is 0 Å². The summed E-state index contributed by atoms with van der Waals surface area (Å²) in [5, 5.41) is 22.9. The van der Waals surface area contributed by atoms with E-state index in [1.165, 1.54) is 17.5 Å². The fourth-order valence-corrected chi connectivity index (χ4v) is 2.06. The van der Waals surface area contributed by atoms with Crippen molar-refractivity contribution in [2.24, 2.45) is 0 Å². The molecule has 18 heavy (non-hydrogen) atoms. The van der Waals surface area contributed by atoms with E-state index in [2.05, 4.69) is 32.6 Å². The first kappa shape index (κ1) is 12.3. The standard InChI is InChI=1S/C11H10N4O2S/c16-4-1-2-8-3-5-18-10(8)7-12-11(17)9-6-13-15-14-9/h3,5-6,16H,4,7H2,(H,12,17)(H,13,14,15). The molecule has 0 aliphatic carbocycles. The monoisotopic (exact) mass is 262 g/mol. The van der Waals surface area contributed by atoms with Gasteiger partial charge in [0.15, 0.2) is 5.69 Å². The number of aromatic amines is 1. The number of rotatable bonds is 3. The average molecular weight is 262 g/mol. The van der Waals surface area contributed by atoms with E-state index < -0.39 is 0 Å². The second-order valence-corrected chi connectivity index (χ2v) is 4.26. The van der Waals surface area contributed by atoms with Gasteiger partial charge < -0.3 is 10.4 Å². The largest absolute Gasteiger partial charge is 0.384 e. The smallest absolute Gasteiger partial charge is 0.273 e. The number of carbonyl (C=O) groups is 1. The van der Waals surface area contributed by atoms with Gasteiger partial charge in [0, 0.05) is 10.4 Å². The summed E-state index contributed by atoms with van der Waals surface area (Å²) in [4.78, 5) is 12.6. The molecule has 0 fully saturated rings. The highest BCUT2D eigenvalue weighted by Crippen LogP contribution is 2.15. The minimum absolute atomic E-state index is 0.180. The lowest BCUT2D eigenvalue weighted by Crippen LogP contribution is -2.23. The van der Waals surface area contributed by atoms with E-state index in [4.69, 9.17) is 5.11 Å². The maximum Gasteiger partial charge on any atom is 0.273 e. The van der Waals surface area contributed by atoms with E-state index in [1.807, 2.05) is 11.4 Å². The highest BCUT2D eigenvalue weighted by atomic mass is 32.1. The molecule has 0 unspecified atom stereocenters. The van der Waals surface area contributed by atoms with Gasteiger partial charge in [0.25, 0.3) is 5.91 Å². The lowest BCUT2D eigenvalue weighted by atomic mass is 10.2. The van der Waals surface area contributed by atoms with E-state index in [-0.39, 0.29) is 18.2 Å². The van der Waals surface area contributed by atoms with Crippen molar-refractivity contribution >= 4 is 17.2 Å². The Labute approximate surface area is 107 Å². The SMILES string of the molecule is O=C(NCc1sccc1C#CCO)c1cn[nH]n1. The fraction of sp³-hybridized carbons (Fsp3) is 0.182. The van der Waals surface area contributed by atoms with Gasteiger partial charge in [0.1, 0.15) is 6.61 Å². The normalized spacial score (nSPS) is 9.61. The lowest BCUT2D eigenvalue weighted by Gasteiger charge is -2.01. The van der Waals surface area contributed by atoms with Crippen molar-refractivity contribution < 1.29 is 9.90 Å². The van der Waals surface area contributed by atoms with Crippen LogP contribution in [0.2, 0.25) is 0 Å². The summed E-state index contributed by atoms with van der Waals surface area (Å²) < 4.78 is 0. The summed E-state index contributed by atoms with van der Waals surface area (Å²) in [6.07, 6.45) is 1.36. The third-order valence-corrected chi connectivity index (χ3v) is 3.03. The molecule has 7 heteroatoms. The van der Waals surface area contributed by atoms with E-state index in [0.29, 0.717) is 6.54 Å². The molecule has 0 aliphatic rings. The number of aromatic nitrogens is 3. The van der Waals surface area contributed by atoms with Crippen LogP contribution in [0.3, 0.4) is 0 Å². The Morgan fingerprint density at radius 3 is 3.22 bits per heavy atom. The molecule has 0 radical (unpaired) electrons. The van der Waals surface area contributed by atoms with Gasteiger partial charge in [0.05, 0.1) is 12.7 Å². The van der Waals surface area contributed by atoms with Gasteiger partial charge in [-0.05, 0) is 11.4 Å². The minimum atomic E-state index is -0.293. The maximum absolute atomic E-state index is 11.6. The number of thiophene rings is 1. The van der Waals surface area contributed by atoms with Crippen LogP contribution in [0.15, 0.2) is 17.6 Å². The highest BCUT2D eigenvalue weighted by Gasteiger charge is 2.09. The summed E-state index contributed by atoms with van der Waals surface area (Å²) in [7, 11) is 0.